The molecule has 2 heterocycles. The zero-order chi connectivity index (χ0) is 38.9. The molecule has 0 atom stereocenters. The second-order valence-corrected chi connectivity index (χ2v) is 15.3. The predicted octanol–water partition coefficient (Wildman–Crippen LogP) is 15.8. The van der Waals surface area contributed by atoms with Crippen LogP contribution in [0, 0.1) is 0 Å². The van der Waals surface area contributed by atoms with Gasteiger partial charge < -0.3 is 13.9 Å². The van der Waals surface area contributed by atoms with E-state index in [-0.39, 0.29) is 0 Å². The fourth-order valence-corrected chi connectivity index (χ4v) is 9.30. The van der Waals surface area contributed by atoms with Gasteiger partial charge in [-0.15, -0.1) is 0 Å². The molecule has 12 rings (SSSR count). The number of benzene rings is 10. The van der Waals surface area contributed by atoms with E-state index in [4.69, 9.17) is 4.42 Å². The molecule has 2 aromatic heterocycles. The third kappa shape index (κ3) is 5.29. The number of hydrogen-bond donors (Lipinski definition) is 0. The van der Waals surface area contributed by atoms with E-state index in [1.165, 1.54) is 54.5 Å². The topological polar surface area (TPSA) is 21.3 Å². The molecule has 59 heavy (non-hydrogen) atoms. The Morgan fingerprint density at radius 1 is 0.339 bits per heavy atom. The lowest BCUT2D eigenvalue weighted by Crippen LogP contribution is -2.13. The van der Waals surface area contributed by atoms with Crippen LogP contribution in [0.25, 0.3) is 93.2 Å². The van der Waals surface area contributed by atoms with Crippen molar-refractivity contribution >= 4 is 82.4 Å². The van der Waals surface area contributed by atoms with Crippen molar-refractivity contribution in [2.45, 2.75) is 0 Å². The normalized spacial score (nSPS) is 11.7. The molecular formula is C56H36N2O. The maximum atomic E-state index is 6.46. The average molecular weight is 753 g/mol. The Balaban J connectivity index is 1.03. The summed E-state index contributed by atoms with van der Waals surface area (Å²) in [6.45, 7) is 0. The van der Waals surface area contributed by atoms with E-state index in [0.29, 0.717) is 0 Å². The van der Waals surface area contributed by atoms with Crippen LogP contribution in [-0.2, 0) is 0 Å². The third-order valence-corrected chi connectivity index (χ3v) is 12.0. The summed E-state index contributed by atoms with van der Waals surface area (Å²) in [5.41, 5.74) is 13.1. The van der Waals surface area contributed by atoms with E-state index in [1.807, 2.05) is 12.1 Å². The molecule has 0 aliphatic carbocycles. The minimum atomic E-state index is 0.903. The summed E-state index contributed by atoms with van der Waals surface area (Å²) in [6, 6.07) is 78.7. The second kappa shape index (κ2) is 13.4. The number of para-hydroxylation sites is 6. The number of fused-ring (bicyclic) bond motifs is 9. The quantitative estimate of drug-likeness (QED) is 0.158. The van der Waals surface area contributed by atoms with Crippen molar-refractivity contribution in [1.29, 1.82) is 0 Å². The van der Waals surface area contributed by atoms with Crippen LogP contribution in [0.2, 0.25) is 0 Å². The summed E-state index contributed by atoms with van der Waals surface area (Å²) >= 11 is 0. The molecule has 0 N–H and O–H groups in total. The first-order valence-electron chi connectivity index (χ1n) is 20.2. The molecule has 0 spiro atoms. The van der Waals surface area contributed by atoms with Crippen molar-refractivity contribution in [1.82, 2.24) is 4.57 Å². The lowest BCUT2D eigenvalue weighted by Gasteiger charge is -2.28. The van der Waals surface area contributed by atoms with Crippen molar-refractivity contribution in [3.63, 3.8) is 0 Å². The number of hydrogen-bond acceptors (Lipinski definition) is 2. The highest BCUT2D eigenvalue weighted by Gasteiger charge is 2.21. The van der Waals surface area contributed by atoms with Gasteiger partial charge in [-0.05, 0) is 92.8 Å². The largest absolute Gasteiger partial charge is 0.455 e. The minimum absolute atomic E-state index is 0.903. The second-order valence-electron chi connectivity index (χ2n) is 15.3. The molecule has 0 aliphatic rings. The van der Waals surface area contributed by atoms with Crippen LogP contribution in [0.5, 0.6) is 0 Å². The van der Waals surface area contributed by atoms with Gasteiger partial charge in [-0.3, -0.25) is 0 Å². The fourth-order valence-electron chi connectivity index (χ4n) is 9.30. The molecule has 0 fully saturated rings. The van der Waals surface area contributed by atoms with Crippen LogP contribution in [0.15, 0.2) is 223 Å². The van der Waals surface area contributed by atoms with Gasteiger partial charge in [0.2, 0.25) is 0 Å². The highest BCUT2D eigenvalue weighted by molar-refractivity contribution is 6.13. The Morgan fingerprint density at radius 2 is 0.881 bits per heavy atom. The molecule has 0 saturated carbocycles. The van der Waals surface area contributed by atoms with E-state index in [1.54, 1.807) is 0 Å². The maximum absolute atomic E-state index is 6.46. The fraction of sp³-hybridized carbons (Fsp3) is 0. The van der Waals surface area contributed by atoms with E-state index >= 15 is 0 Å². The molecule has 0 saturated heterocycles. The Labute approximate surface area is 341 Å². The monoisotopic (exact) mass is 752 g/mol. The van der Waals surface area contributed by atoms with E-state index < -0.39 is 0 Å². The maximum Gasteiger partial charge on any atom is 0.143 e. The minimum Gasteiger partial charge on any atom is -0.455 e. The lowest BCUT2D eigenvalue weighted by molar-refractivity contribution is 0.670. The van der Waals surface area contributed by atoms with Crippen molar-refractivity contribution in [3.8, 4) is 27.9 Å². The molecule has 10 aromatic carbocycles. The Morgan fingerprint density at radius 3 is 1.61 bits per heavy atom. The van der Waals surface area contributed by atoms with Gasteiger partial charge in [-0.25, -0.2) is 0 Å². The van der Waals surface area contributed by atoms with Gasteiger partial charge in [0.05, 0.1) is 22.4 Å². The summed E-state index contributed by atoms with van der Waals surface area (Å²) in [5.74, 6) is 0. The summed E-state index contributed by atoms with van der Waals surface area (Å²) < 4.78 is 8.88. The average Bonchev–Trinajstić information content (AvgIpc) is 3.86. The molecule has 0 bridgehead atoms. The zero-order valence-corrected chi connectivity index (χ0v) is 32.1. The van der Waals surface area contributed by atoms with Crippen LogP contribution in [0.4, 0.5) is 17.1 Å². The number of anilines is 3. The van der Waals surface area contributed by atoms with Crippen LogP contribution >= 0.6 is 0 Å². The van der Waals surface area contributed by atoms with Crippen molar-refractivity contribution in [2.24, 2.45) is 0 Å². The molecule has 0 aliphatic heterocycles. The summed E-state index contributed by atoms with van der Waals surface area (Å²) in [6.07, 6.45) is 0. The molecule has 276 valence electrons. The molecular weight excluding hydrogens is 717 g/mol. The number of rotatable bonds is 6. The zero-order valence-electron chi connectivity index (χ0n) is 32.1. The summed E-state index contributed by atoms with van der Waals surface area (Å²) in [4.78, 5) is 2.39. The third-order valence-electron chi connectivity index (χ3n) is 12.0. The smallest absolute Gasteiger partial charge is 0.143 e. The molecule has 3 heteroatoms. The molecule has 12 aromatic rings. The van der Waals surface area contributed by atoms with Gasteiger partial charge in [-0.2, -0.15) is 0 Å². The highest BCUT2D eigenvalue weighted by atomic mass is 16.3. The van der Waals surface area contributed by atoms with Crippen molar-refractivity contribution in [2.75, 3.05) is 4.90 Å². The van der Waals surface area contributed by atoms with Crippen LogP contribution in [0.1, 0.15) is 0 Å². The first-order chi connectivity index (χ1) is 29.3. The number of furan rings is 1. The number of nitrogens with zero attached hydrogens (tertiary/aromatic N) is 2. The molecule has 3 nitrogen and oxygen atoms in total. The first-order valence-corrected chi connectivity index (χ1v) is 20.2. The summed E-state index contributed by atoms with van der Waals surface area (Å²) in [5, 5.41) is 9.79. The van der Waals surface area contributed by atoms with Crippen molar-refractivity contribution in [3.05, 3.63) is 218 Å². The van der Waals surface area contributed by atoms with Gasteiger partial charge in [0.1, 0.15) is 11.2 Å². The standard InChI is InChI=1S/C56H36N2O/c1-2-14-42-37(13-1)31-36-46-43(18-11-20-45(42)46)38-27-32-40(33-28-38)57(41-34-29-39(30-35-41)44-19-12-21-50-49-17-5-10-26-55(49)59-56(44)50)53-24-8-9-25-54(53)58-51-22-6-3-15-47(51)48-16-4-7-23-52(48)58/h1-36H. The highest BCUT2D eigenvalue weighted by Crippen LogP contribution is 2.44. The first kappa shape index (κ1) is 33.3. The van der Waals surface area contributed by atoms with Gasteiger partial charge in [0.15, 0.2) is 0 Å². The molecule has 0 amide bonds. The van der Waals surface area contributed by atoms with E-state index in [0.717, 1.165) is 55.8 Å². The predicted molar refractivity (Wildman–Crippen MR) is 249 cm³/mol. The van der Waals surface area contributed by atoms with Gasteiger partial charge in [0.25, 0.3) is 0 Å². The lowest BCUT2D eigenvalue weighted by atomic mass is 9.94. The van der Waals surface area contributed by atoms with Gasteiger partial charge >= 0.3 is 0 Å². The Kier molecular flexibility index (Phi) is 7.54. The number of aromatic nitrogens is 1. The van der Waals surface area contributed by atoms with Crippen LogP contribution in [0.3, 0.4) is 0 Å². The van der Waals surface area contributed by atoms with Crippen LogP contribution in [-0.4, -0.2) is 4.57 Å². The van der Waals surface area contributed by atoms with Crippen molar-refractivity contribution < 1.29 is 4.42 Å². The molecule has 0 radical (unpaired) electrons. The van der Waals surface area contributed by atoms with Crippen LogP contribution < -0.4 is 4.90 Å². The van der Waals surface area contributed by atoms with E-state index in [2.05, 4.69) is 216 Å². The Hall–Kier alpha value is -7.88. The molecule has 0 unspecified atom stereocenters. The SMILES string of the molecule is c1ccc(-n2c3ccccc3c3ccccc32)c(N(c2ccc(-c3cccc4c3ccc3ccccc34)cc2)c2ccc(-c3cccc4c3oc3ccccc34)cc2)c1. The Bertz CT molecular complexity index is 3500. The van der Waals surface area contributed by atoms with Gasteiger partial charge in [-0.1, -0.05) is 164 Å². The summed E-state index contributed by atoms with van der Waals surface area (Å²) in [7, 11) is 0. The van der Waals surface area contributed by atoms with E-state index in [9.17, 15) is 0 Å². The van der Waals surface area contributed by atoms with Gasteiger partial charge in [0, 0.05) is 38.5 Å².